The first kappa shape index (κ1) is 14.7. The molecule has 0 aliphatic heterocycles. The predicted octanol–water partition coefficient (Wildman–Crippen LogP) is 5.08. The maximum atomic E-state index is 11.2. The van der Waals surface area contributed by atoms with Crippen LogP contribution in [0.4, 0.5) is 0 Å². The van der Waals surface area contributed by atoms with Crippen molar-refractivity contribution in [2.24, 2.45) is 0 Å². The van der Waals surface area contributed by atoms with Gasteiger partial charge >= 0.3 is 0 Å². The molecule has 0 aliphatic rings. The van der Waals surface area contributed by atoms with Crippen LogP contribution in [0.5, 0.6) is 5.75 Å². The molecule has 0 bridgehead atoms. The normalized spacial score (nSPS) is 12.4. The molecule has 24 heavy (non-hydrogen) atoms. The summed E-state index contributed by atoms with van der Waals surface area (Å²) in [5, 5.41) is 15.5. The molecule has 1 N–H and O–H groups in total. The van der Waals surface area contributed by atoms with Gasteiger partial charge in [0, 0.05) is 5.56 Å². The van der Waals surface area contributed by atoms with E-state index in [1.165, 1.54) is 0 Å². The maximum Gasteiger partial charge on any atom is 0.125 e. The zero-order chi connectivity index (χ0) is 16.5. The zero-order valence-corrected chi connectivity index (χ0v) is 13.4. The van der Waals surface area contributed by atoms with Crippen LogP contribution in [0.1, 0.15) is 17.2 Å². The molecular formula is C22H18O2. The Labute approximate surface area is 140 Å². The molecule has 0 radical (unpaired) electrons. The van der Waals surface area contributed by atoms with Crippen LogP contribution < -0.4 is 4.74 Å². The van der Waals surface area contributed by atoms with Gasteiger partial charge in [0.25, 0.3) is 0 Å². The minimum absolute atomic E-state index is 0.703. The van der Waals surface area contributed by atoms with Gasteiger partial charge in [0.05, 0.1) is 7.11 Å². The number of methoxy groups -OCH3 is 1. The largest absolute Gasteiger partial charge is 0.496 e. The highest BCUT2D eigenvalue weighted by atomic mass is 16.5. The minimum Gasteiger partial charge on any atom is -0.496 e. The number of hydrogen-bond acceptors (Lipinski definition) is 2. The molecule has 0 amide bonds. The van der Waals surface area contributed by atoms with Crippen LogP contribution in [-0.4, -0.2) is 12.2 Å². The lowest BCUT2D eigenvalue weighted by molar-refractivity contribution is 0.218. The average Bonchev–Trinajstić information content (AvgIpc) is 2.66. The fraction of sp³-hybridized carbons (Fsp3) is 0.0909. The number of aliphatic hydroxyl groups excluding tert-OH is 1. The third kappa shape index (κ3) is 2.32. The molecule has 0 aliphatic carbocycles. The molecule has 1 unspecified atom stereocenters. The summed E-state index contributed by atoms with van der Waals surface area (Å²) in [6.07, 6.45) is -0.753. The number of rotatable bonds is 3. The summed E-state index contributed by atoms with van der Waals surface area (Å²) < 4.78 is 5.55. The Morgan fingerprint density at radius 1 is 0.708 bits per heavy atom. The van der Waals surface area contributed by atoms with E-state index in [0.717, 1.165) is 32.7 Å². The summed E-state index contributed by atoms with van der Waals surface area (Å²) in [6.45, 7) is 0. The Kier molecular flexibility index (Phi) is 3.68. The summed E-state index contributed by atoms with van der Waals surface area (Å²) in [6, 6.07) is 26.2. The fourth-order valence-corrected chi connectivity index (χ4v) is 3.38. The van der Waals surface area contributed by atoms with Gasteiger partial charge in [-0.15, -0.1) is 0 Å². The fourth-order valence-electron chi connectivity index (χ4n) is 3.38. The van der Waals surface area contributed by atoms with Gasteiger partial charge < -0.3 is 9.84 Å². The lowest BCUT2D eigenvalue weighted by atomic mass is 9.92. The van der Waals surface area contributed by atoms with Crippen LogP contribution in [-0.2, 0) is 0 Å². The lowest BCUT2D eigenvalue weighted by Crippen LogP contribution is -2.04. The van der Waals surface area contributed by atoms with Gasteiger partial charge in [-0.3, -0.25) is 0 Å². The van der Waals surface area contributed by atoms with E-state index < -0.39 is 6.10 Å². The van der Waals surface area contributed by atoms with Gasteiger partial charge in [0.1, 0.15) is 11.9 Å². The SMILES string of the molecule is COc1ccc2ccccc2c1C(O)c1cccc2ccccc12. The van der Waals surface area contributed by atoms with Crippen LogP contribution >= 0.6 is 0 Å². The van der Waals surface area contributed by atoms with Crippen LogP contribution in [0.3, 0.4) is 0 Å². The molecule has 0 spiro atoms. The van der Waals surface area contributed by atoms with Crippen molar-refractivity contribution in [1.82, 2.24) is 0 Å². The van der Waals surface area contributed by atoms with Gasteiger partial charge in [-0.25, -0.2) is 0 Å². The van der Waals surface area contributed by atoms with Crippen LogP contribution in [0, 0.1) is 0 Å². The maximum absolute atomic E-state index is 11.2. The van der Waals surface area contributed by atoms with E-state index in [1.54, 1.807) is 7.11 Å². The monoisotopic (exact) mass is 314 g/mol. The van der Waals surface area contributed by atoms with Crippen LogP contribution in [0.15, 0.2) is 78.9 Å². The molecule has 0 saturated heterocycles. The van der Waals surface area contributed by atoms with E-state index in [0.29, 0.717) is 5.75 Å². The third-order valence-electron chi connectivity index (χ3n) is 4.54. The van der Waals surface area contributed by atoms with Crippen molar-refractivity contribution in [2.45, 2.75) is 6.10 Å². The first-order chi connectivity index (χ1) is 11.8. The topological polar surface area (TPSA) is 29.5 Å². The molecule has 4 aromatic rings. The summed E-state index contributed by atoms with van der Waals surface area (Å²) in [4.78, 5) is 0. The Morgan fingerprint density at radius 3 is 2.08 bits per heavy atom. The molecule has 0 fully saturated rings. The highest BCUT2D eigenvalue weighted by molar-refractivity contribution is 5.91. The number of hydrogen-bond donors (Lipinski definition) is 1. The van der Waals surface area contributed by atoms with Gasteiger partial charge in [-0.05, 0) is 33.2 Å². The smallest absolute Gasteiger partial charge is 0.125 e. The standard InChI is InChI=1S/C22H18O2/c1-24-20-14-13-16-8-3-5-11-18(16)21(20)22(23)19-12-6-9-15-7-2-4-10-17(15)19/h2-14,22-23H,1H3. The second kappa shape index (κ2) is 5.99. The average molecular weight is 314 g/mol. The summed E-state index contributed by atoms with van der Waals surface area (Å²) in [7, 11) is 1.64. The van der Waals surface area contributed by atoms with Crippen LogP contribution in [0.2, 0.25) is 0 Å². The second-order valence-electron chi connectivity index (χ2n) is 5.87. The van der Waals surface area contributed by atoms with E-state index in [1.807, 2.05) is 66.7 Å². The molecular weight excluding hydrogens is 296 g/mol. The number of aliphatic hydroxyl groups is 1. The molecule has 4 aromatic carbocycles. The van der Waals surface area contributed by atoms with Crippen molar-refractivity contribution >= 4 is 21.5 Å². The Morgan fingerprint density at radius 2 is 1.33 bits per heavy atom. The zero-order valence-electron chi connectivity index (χ0n) is 13.4. The van der Waals surface area contributed by atoms with Gasteiger partial charge in [-0.2, -0.15) is 0 Å². The number of ether oxygens (including phenoxy) is 1. The van der Waals surface area contributed by atoms with E-state index in [9.17, 15) is 5.11 Å². The third-order valence-corrected chi connectivity index (χ3v) is 4.54. The number of benzene rings is 4. The molecule has 0 saturated carbocycles. The number of fused-ring (bicyclic) bond motifs is 2. The van der Waals surface area contributed by atoms with Gasteiger partial charge in [0.15, 0.2) is 0 Å². The first-order valence-corrected chi connectivity index (χ1v) is 8.01. The Balaban J connectivity index is 1.99. The van der Waals surface area contributed by atoms with E-state index in [-0.39, 0.29) is 0 Å². The summed E-state index contributed by atoms with van der Waals surface area (Å²) >= 11 is 0. The van der Waals surface area contributed by atoms with Crippen molar-refractivity contribution in [2.75, 3.05) is 7.11 Å². The first-order valence-electron chi connectivity index (χ1n) is 8.01. The molecule has 1 atom stereocenters. The van der Waals surface area contributed by atoms with Crippen molar-refractivity contribution in [1.29, 1.82) is 0 Å². The predicted molar refractivity (Wildman–Crippen MR) is 98.5 cm³/mol. The van der Waals surface area contributed by atoms with E-state index in [4.69, 9.17) is 4.74 Å². The molecule has 118 valence electrons. The highest BCUT2D eigenvalue weighted by Crippen LogP contribution is 2.38. The summed E-state index contributed by atoms with van der Waals surface area (Å²) in [5.41, 5.74) is 1.70. The van der Waals surface area contributed by atoms with Crippen molar-refractivity contribution in [3.8, 4) is 5.75 Å². The highest BCUT2D eigenvalue weighted by Gasteiger charge is 2.20. The van der Waals surface area contributed by atoms with Crippen LogP contribution in [0.25, 0.3) is 21.5 Å². The quantitative estimate of drug-likeness (QED) is 0.571. The second-order valence-corrected chi connectivity index (χ2v) is 5.87. The Bertz CT molecular complexity index is 1020. The van der Waals surface area contributed by atoms with Crippen molar-refractivity contribution in [3.63, 3.8) is 0 Å². The molecule has 2 nitrogen and oxygen atoms in total. The lowest BCUT2D eigenvalue weighted by Gasteiger charge is -2.19. The van der Waals surface area contributed by atoms with Gasteiger partial charge in [-0.1, -0.05) is 72.8 Å². The van der Waals surface area contributed by atoms with Crippen molar-refractivity contribution < 1.29 is 9.84 Å². The van der Waals surface area contributed by atoms with E-state index in [2.05, 4.69) is 12.1 Å². The minimum atomic E-state index is -0.753. The molecule has 4 rings (SSSR count). The molecule has 0 aromatic heterocycles. The Hall–Kier alpha value is -2.84. The van der Waals surface area contributed by atoms with Gasteiger partial charge in [0.2, 0.25) is 0 Å². The molecule has 0 heterocycles. The van der Waals surface area contributed by atoms with Crippen molar-refractivity contribution in [3.05, 3.63) is 90.0 Å². The summed E-state index contributed by atoms with van der Waals surface area (Å²) in [5.74, 6) is 0.703. The molecule has 2 heteroatoms. The van der Waals surface area contributed by atoms with E-state index >= 15 is 0 Å².